The molecule has 0 unspecified atom stereocenters. The van der Waals surface area contributed by atoms with Crippen molar-refractivity contribution in [1.82, 2.24) is 0 Å². The molecule has 0 spiro atoms. The van der Waals surface area contributed by atoms with Crippen molar-refractivity contribution in [1.29, 1.82) is 0 Å². The molecule has 0 aromatic carbocycles. The zero-order chi connectivity index (χ0) is 17.7. The van der Waals surface area contributed by atoms with Crippen LogP contribution < -0.4 is 10.1 Å². The second-order valence-corrected chi connectivity index (χ2v) is 6.29. The minimum Gasteiger partial charge on any atom is -0.502 e. The number of carbonyl (C=O) groups is 2. The third kappa shape index (κ3) is 4.33. The number of aromatic hydroxyl groups is 1. The van der Waals surface area contributed by atoms with Gasteiger partial charge in [-0.25, -0.2) is 0 Å². The average molecular weight is 414 g/mol. The second kappa shape index (κ2) is 8.25. The van der Waals surface area contributed by atoms with Gasteiger partial charge in [0.15, 0.2) is 5.76 Å². The first-order chi connectivity index (χ1) is 11.4. The van der Waals surface area contributed by atoms with Gasteiger partial charge in [0, 0.05) is 35.5 Å². The number of alkyl halides is 1. The number of carbonyl (C=O) groups excluding carboxylic acids is 2. The summed E-state index contributed by atoms with van der Waals surface area (Å²) >= 11 is 8.51. The maximum atomic E-state index is 11.9. The maximum absolute atomic E-state index is 11.9. The van der Waals surface area contributed by atoms with E-state index < -0.39 is 5.97 Å². The summed E-state index contributed by atoms with van der Waals surface area (Å²) in [5, 5.41) is 13.6. The fourth-order valence-corrected chi connectivity index (χ4v) is 2.61. The van der Waals surface area contributed by atoms with Crippen molar-refractivity contribution < 1.29 is 23.8 Å². The van der Waals surface area contributed by atoms with E-state index in [-0.39, 0.29) is 35.5 Å². The van der Waals surface area contributed by atoms with Crippen molar-refractivity contribution >= 4 is 56.3 Å². The molecular weight excluding hydrogens is 398 g/mol. The number of hydrogen-bond acceptors (Lipinski definition) is 6. The number of rotatable bonds is 6. The molecule has 0 atom stereocenters. The van der Waals surface area contributed by atoms with Gasteiger partial charge in [-0.15, -0.1) is 0 Å². The highest BCUT2D eigenvalue weighted by Crippen LogP contribution is 2.45. The Balaban J connectivity index is 2.38. The van der Waals surface area contributed by atoms with Crippen LogP contribution in [-0.4, -0.2) is 27.2 Å². The molecule has 2 rings (SSSR count). The van der Waals surface area contributed by atoms with E-state index in [9.17, 15) is 14.7 Å². The van der Waals surface area contributed by atoms with E-state index in [4.69, 9.17) is 21.4 Å². The Hall–Kier alpha value is -1.93. The summed E-state index contributed by atoms with van der Waals surface area (Å²) in [6.45, 7) is 1.19. The molecule has 0 fully saturated rings. The Kier molecular flexibility index (Phi) is 6.33. The minimum atomic E-state index is -0.645. The summed E-state index contributed by atoms with van der Waals surface area (Å²) < 4.78 is 10.5. The number of allylic oxidation sites excluding steroid dienone is 4. The summed E-state index contributed by atoms with van der Waals surface area (Å²) in [6, 6.07) is 0. The van der Waals surface area contributed by atoms with Crippen LogP contribution in [-0.2, 0) is 9.59 Å². The Morgan fingerprint density at radius 2 is 2.25 bits per heavy atom. The topological polar surface area (TPSA) is 88.8 Å². The number of esters is 1. The lowest BCUT2D eigenvalue weighted by Gasteiger charge is -2.07. The van der Waals surface area contributed by atoms with Gasteiger partial charge in [-0.3, -0.25) is 14.9 Å². The van der Waals surface area contributed by atoms with Gasteiger partial charge in [0.2, 0.25) is 23.3 Å². The SMILES string of the molecule is CC(=O)Oc1c(NC(=O)CCCBr)oc(C2=CC=CCC2=S)c1O. The second-order valence-electron chi connectivity index (χ2n) is 5.01. The summed E-state index contributed by atoms with van der Waals surface area (Å²) in [5.41, 5.74) is 0.513. The Bertz CT molecular complexity index is 735. The number of halogens is 1. The molecule has 0 saturated carbocycles. The van der Waals surface area contributed by atoms with Gasteiger partial charge in [0.25, 0.3) is 0 Å². The van der Waals surface area contributed by atoms with E-state index in [1.807, 2.05) is 6.08 Å². The Morgan fingerprint density at radius 3 is 2.88 bits per heavy atom. The molecule has 6 nitrogen and oxygen atoms in total. The fraction of sp³-hybridized carbons (Fsp3) is 0.312. The first kappa shape index (κ1) is 18.4. The summed E-state index contributed by atoms with van der Waals surface area (Å²) in [5.74, 6) is -1.60. The molecule has 1 aromatic heterocycles. The van der Waals surface area contributed by atoms with Gasteiger partial charge >= 0.3 is 5.97 Å². The lowest BCUT2D eigenvalue weighted by atomic mass is 10.0. The minimum absolute atomic E-state index is 0.0661. The van der Waals surface area contributed by atoms with Crippen LogP contribution in [0.4, 0.5) is 5.88 Å². The van der Waals surface area contributed by atoms with Crippen molar-refractivity contribution in [3.63, 3.8) is 0 Å². The molecule has 2 N–H and O–H groups in total. The Morgan fingerprint density at radius 1 is 1.50 bits per heavy atom. The van der Waals surface area contributed by atoms with Gasteiger partial charge in [0.05, 0.1) is 0 Å². The number of ether oxygens (including phenoxy) is 1. The zero-order valence-electron chi connectivity index (χ0n) is 12.9. The number of nitrogens with one attached hydrogen (secondary N) is 1. The standard InChI is InChI=1S/C16H16BrNO5S/c1-9(19)22-15-13(21)14(10-5-2-3-6-11(10)24)23-16(15)18-12(20)7-4-8-17/h2-3,5,21H,4,6-8H2,1H3,(H,18,20). The lowest BCUT2D eigenvalue weighted by molar-refractivity contribution is -0.132. The maximum Gasteiger partial charge on any atom is 0.308 e. The molecule has 0 aliphatic heterocycles. The van der Waals surface area contributed by atoms with Crippen LogP contribution in [0.2, 0.25) is 0 Å². The molecule has 1 aliphatic carbocycles. The summed E-state index contributed by atoms with van der Waals surface area (Å²) in [4.78, 5) is 23.8. The van der Waals surface area contributed by atoms with Gasteiger partial charge in [-0.05, 0) is 6.42 Å². The largest absolute Gasteiger partial charge is 0.502 e. The Labute approximate surface area is 152 Å². The molecule has 1 heterocycles. The van der Waals surface area contributed by atoms with Crippen LogP contribution in [0.3, 0.4) is 0 Å². The van der Waals surface area contributed by atoms with Crippen molar-refractivity contribution in [3.05, 3.63) is 24.0 Å². The van der Waals surface area contributed by atoms with Crippen molar-refractivity contribution in [3.8, 4) is 11.5 Å². The van der Waals surface area contributed by atoms with E-state index in [1.54, 1.807) is 12.2 Å². The summed E-state index contributed by atoms with van der Waals surface area (Å²) in [6.07, 6.45) is 6.78. The number of hydrogen-bond donors (Lipinski definition) is 2. The predicted molar refractivity (Wildman–Crippen MR) is 97.7 cm³/mol. The number of furan rings is 1. The molecule has 0 bridgehead atoms. The van der Waals surface area contributed by atoms with Crippen LogP contribution in [0.25, 0.3) is 5.57 Å². The molecule has 1 aromatic rings. The first-order valence-electron chi connectivity index (χ1n) is 7.24. The van der Waals surface area contributed by atoms with E-state index in [2.05, 4.69) is 21.2 Å². The van der Waals surface area contributed by atoms with Crippen LogP contribution in [0.1, 0.15) is 31.9 Å². The summed E-state index contributed by atoms with van der Waals surface area (Å²) in [7, 11) is 0. The van der Waals surface area contributed by atoms with Crippen molar-refractivity contribution in [2.45, 2.75) is 26.2 Å². The number of anilines is 1. The lowest BCUT2D eigenvalue weighted by Crippen LogP contribution is -2.12. The molecular formula is C16H16BrNO5S. The zero-order valence-corrected chi connectivity index (χ0v) is 15.3. The highest BCUT2D eigenvalue weighted by atomic mass is 79.9. The fourth-order valence-electron chi connectivity index (χ4n) is 2.07. The number of amides is 1. The van der Waals surface area contributed by atoms with E-state index in [1.165, 1.54) is 6.92 Å². The van der Waals surface area contributed by atoms with Crippen LogP contribution >= 0.6 is 28.1 Å². The van der Waals surface area contributed by atoms with Gasteiger partial charge in [0.1, 0.15) is 0 Å². The predicted octanol–water partition coefficient (Wildman–Crippen LogP) is 3.74. The third-order valence-corrected chi connectivity index (χ3v) is 4.07. The third-order valence-electron chi connectivity index (χ3n) is 3.12. The van der Waals surface area contributed by atoms with Gasteiger partial charge in [-0.1, -0.05) is 46.4 Å². The molecule has 1 amide bonds. The monoisotopic (exact) mass is 413 g/mol. The molecule has 0 radical (unpaired) electrons. The van der Waals surface area contributed by atoms with Crippen molar-refractivity contribution in [2.24, 2.45) is 0 Å². The molecule has 1 aliphatic rings. The van der Waals surface area contributed by atoms with E-state index in [0.717, 1.165) is 0 Å². The van der Waals surface area contributed by atoms with Crippen LogP contribution in [0.5, 0.6) is 11.5 Å². The normalized spacial score (nSPS) is 13.6. The number of thiocarbonyl (C=S) groups is 1. The van der Waals surface area contributed by atoms with Gasteiger partial charge < -0.3 is 14.3 Å². The van der Waals surface area contributed by atoms with Crippen molar-refractivity contribution in [2.75, 3.05) is 10.6 Å². The molecule has 0 saturated heterocycles. The average Bonchev–Trinajstić information content (AvgIpc) is 2.82. The van der Waals surface area contributed by atoms with Crippen LogP contribution in [0, 0.1) is 0 Å². The highest BCUT2D eigenvalue weighted by molar-refractivity contribution is 9.09. The molecule has 24 heavy (non-hydrogen) atoms. The quantitative estimate of drug-likeness (QED) is 0.419. The van der Waals surface area contributed by atoms with Crippen LogP contribution in [0.15, 0.2) is 22.6 Å². The van der Waals surface area contributed by atoms with Gasteiger partial charge in [-0.2, -0.15) is 0 Å². The van der Waals surface area contributed by atoms with E-state index >= 15 is 0 Å². The highest BCUT2D eigenvalue weighted by Gasteiger charge is 2.28. The first-order valence-corrected chi connectivity index (χ1v) is 8.77. The molecule has 8 heteroatoms. The smallest absolute Gasteiger partial charge is 0.308 e. The molecule has 128 valence electrons. The van der Waals surface area contributed by atoms with E-state index in [0.29, 0.717) is 28.6 Å².